The number of hydrogen-bond donors (Lipinski definition) is 1. The van der Waals surface area contributed by atoms with E-state index in [9.17, 15) is 4.79 Å². The van der Waals surface area contributed by atoms with E-state index in [4.69, 9.17) is 16.6 Å². The van der Waals surface area contributed by atoms with Crippen molar-refractivity contribution >= 4 is 57.4 Å². The van der Waals surface area contributed by atoms with Gasteiger partial charge in [0.2, 0.25) is 5.91 Å². The number of fused-ring (bicyclic) bond motifs is 1. The fourth-order valence-electron chi connectivity index (χ4n) is 5.71. The van der Waals surface area contributed by atoms with Crippen molar-refractivity contribution in [2.24, 2.45) is 16.8 Å². The number of hydrogen-bond acceptors (Lipinski definition) is 6. The van der Waals surface area contributed by atoms with Crippen LogP contribution in [-0.4, -0.2) is 48.0 Å². The number of rotatable bonds is 7. The van der Waals surface area contributed by atoms with E-state index in [-0.39, 0.29) is 5.91 Å². The number of aliphatic imine (C=N–C) groups is 1. The molecule has 234 valence electrons. The van der Waals surface area contributed by atoms with Gasteiger partial charge < -0.3 is 10.2 Å². The molecule has 1 saturated carbocycles. The van der Waals surface area contributed by atoms with E-state index in [0.29, 0.717) is 17.4 Å². The van der Waals surface area contributed by atoms with Crippen LogP contribution in [0.25, 0.3) is 16.6 Å². The van der Waals surface area contributed by atoms with Crippen molar-refractivity contribution in [1.82, 2.24) is 15.3 Å². The van der Waals surface area contributed by atoms with E-state index in [1.807, 2.05) is 92.6 Å². The highest BCUT2D eigenvalue weighted by Gasteiger charge is 2.22. The van der Waals surface area contributed by atoms with Gasteiger partial charge in [0.15, 0.2) is 0 Å². The van der Waals surface area contributed by atoms with E-state index >= 15 is 0 Å². The molecule has 4 aromatic rings. The zero-order valence-electron chi connectivity index (χ0n) is 26.6. The molecule has 6 rings (SSSR count). The maximum atomic E-state index is 12.8. The Bertz CT molecular complexity index is 1660. The normalized spacial score (nSPS) is 18.1. The minimum atomic E-state index is 0.0888. The lowest BCUT2D eigenvalue weighted by atomic mass is 9.83. The van der Waals surface area contributed by atoms with Crippen LogP contribution in [0.1, 0.15) is 56.0 Å². The van der Waals surface area contributed by atoms with Crippen LogP contribution >= 0.6 is 23.4 Å². The number of aromatic nitrogens is 2. The maximum absolute atomic E-state index is 12.8. The topological polar surface area (TPSA) is 70.5 Å². The molecule has 2 aliphatic rings. The van der Waals surface area contributed by atoms with E-state index in [2.05, 4.69) is 34.3 Å². The molecule has 0 unspecified atom stereocenters. The first-order valence-electron chi connectivity index (χ1n) is 15.7. The molecule has 0 bridgehead atoms. The van der Waals surface area contributed by atoms with Crippen LogP contribution < -0.4 is 10.2 Å². The van der Waals surface area contributed by atoms with Gasteiger partial charge in [0.1, 0.15) is 11.6 Å². The number of thioether (sulfide) groups is 1. The van der Waals surface area contributed by atoms with Crippen molar-refractivity contribution in [2.45, 2.75) is 46.0 Å². The molecule has 1 aromatic heterocycles. The minimum Gasteiger partial charge on any atom is -0.362 e. The van der Waals surface area contributed by atoms with Crippen molar-refractivity contribution in [3.63, 3.8) is 0 Å². The predicted octanol–water partition coefficient (Wildman–Crippen LogP) is 8.58. The third-order valence-corrected chi connectivity index (χ3v) is 9.64. The van der Waals surface area contributed by atoms with E-state index in [1.165, 1.54) is 25.7 Å². The minimum absolute atomic E-state index is 0.0888. The standard InChI is InChI=1S/C26H29ClN2OS.C11H13N3/c1-18-7-9-19(10-8-18)16-28-25(30)15-24-26(21-11-13-22(27)14-12-21)29-23(17-31-24)20-5-3-2-4-6-20;1-8-12-10-7-5-4-6-9(10)11(13-8)14(2)3/h2-6,11-14,18-19H,7-10,15-17H2,1H3,(H,28,30);4-7H,1-3H3. The molecule has 1 amide bonds. The Morgan fingerprint density at radius 3 is 2.31 bits per heavy atom. The summed E-state index contributed by atoms with van der Waals surface area (Å²) in [6.45, 7) is 5.03. The maximum Gasteiger partial charge on any atom is 0.225 e. The van der Waals surface area contributed by atoms with E-state index in [1.54, 1.807) is 11.8 Å². The summed E-state index contributed by atoms with van der Waals surface area (Å²) < 4.78 is 0. The molecule has 3 aromatic carbocycles. The van der Waals surface area contributed by atoms with Crippen molar-refractivity contribution in [2.75, 3.05) is 31.3 Å². The van der Waals surface area contributed by atoms with E-state index < -0.39 is 0 Å². The summed E-state index contributed by atoms with van der Waals surface area (Å²) in [7, 11) is 3.99. The quantitative estimate of drug-likeness (QED) is 0.219. The summed E-state index contributed by atoms with van der Waals surface area (Å²) in [6, 6.07) is 26.0. The van der Waals surface area contributed by atoms with Gasteiger partial charge in [0.05, 0.1) is 23.3 Å². The molecule has 6 nitrogen and oxygen atoms in total. The molecule has 8 heteroatoms. The average molecular weight is 640 g/mol. The molecule has 2 heterocycles. The predicted molar refractivity (Wildman–Crippen MR) is 191 cm³/mol. The Kier molecular flexibility index (Phi) is 11.3. The van der Waals surface area contributed by atoms with Gasteiger partial charge in [-0.1, -0.05) is 86.0 Å². The molecule has 0 spiro atoms. The highest BCUT2D eigenvalue weighted by atomic mass is 35.5. The zero-order valence-corrected chi connectivity index (χ0v) is 28.2. The number of aryl methyl sites for hydroxylation is 1. The first-order chi connectivity index (χ1) is 21.8. The first kappa shape index (κ1) is 32.7. The third-order valence-electron chi connectivity index (χ3n) is 8.28. The summed E-state index contributed by atoms with van der Waals surface area (Å²) >= 11 is 7.82. The molecular formula is C37H42ClN5OS. The van der Waals surface area contributed by atoms with Crippen LogP contribution in [-0.2, 0) is 4.79 Å². The molecule has 1 N–H and O–H groups in total. The van der Waals surface area contributed by atoms with Gasteiger partial charge in [-0.2, -0.15) is 0 Å². The Morgan fingerprint density at radius 1 is 0.911 bits per heavy atom. The molecule has 1 aliphatic heterocycles. The number of carbonyl (C=O) groups excluding carboxylic acids is 1. The van der Waals surface area contributed by atoms with Crippen LogP contribution in [0.5, 0.6) is 0 Å². The molecular weight excluding hydrogens is 598 g/mol. The summed E-state index contributed by atoms with van der Waals surface area (Å²) in [5, 5.41) is 4.98. The van der Waals surface area contributed by atoms with Gasteiger partial charge in [-0.3, -0.25) is 9.79 Å². The smallest absolute Gasteiger partial charge is 0.225 e. The molecule has 0 atom stereocenters. The SMILES string of the molecule is CC1CCC(CNC(=O)CC2=C(c3ccc(Cl)cc3)N=C(c3ccccc3)CS2)CC1.Cc1nc(N(C)C)c2ccccc2n1. The van der Waals surface area contributed by atoms with Crippen molar-refractivity contribution < 1.29 is 4.79 Å². The molecule has 0 saturated heterocycles. The largest absolute Gasteiger partial charge is 0.362 e. The Morgan fingerprint density at radius 2 is 1.60 bits per heavy atom. The molecule has 1 aliphatic carbocycles. The Balaban J connectivity index is 0.000000238. The number of carbonyl (C=O) groups is 1. The van der Waals surface area contributed by atoms with Gasteiger partial charge >= 0.3 is 0 Å². The number of para-hydroxylation sites is 1. The second-order valence-electron chi connectivity index (χ2n) is 12.1. The van der Waals surface area contributed by atoms with Gasteiger partial charge in [-0.25, -0.2) is 9.97 Å². The Hall–Kier alpha value is -3.68. The number of amides is 1. The summed E-state index contributed by atoms with van der Waals surface area (Å²) in [5.41, 5.74) is 5.04. The van der Waals surface area contributed by atoms with Gasteiger partial charge in [-0.15, -0.1) is 11.8 Å². The van der Waals surface area contributed by atoms with Crippen LogP contribution in [0.3, 0.4) is 0 Å². The second-order valence-corrected chi connectivity index (χ2v) is 13.6. The highest BCUT2D eigenvalue weighted by molar-refractivity contribution is 8.04. The van der Waals surface area contributed by atoms with Crippen LogP contribution in [0.2, 0.25) is 5.02 Å². The van der Waals surface area contributed by atoms with E-state index in [0.717, 1.165) is 68.2 Å². The summed E-state index contributed by atoms with van der Waals surface area (Å²) in [4.78, 5) is 29.6. The van der Waals surface area contributed by atoms with Crippen molar-refractivity contribution in [1.29, 1.82) is 0 Å². The first-order valence-corrected chi connectivity index (χ1v) is 17.1. The lowest BCUT2D eigenvalue weighted by molar-refractivity contribution is -0.120. The van der Waals surface area contributed by atoms with Gasteiger partial charge in [0, 0.05) is 47.3 Å². The average Bonchev–Trinajstić information content (AvgIpc) is 3.05. The van der Waals surface area contributed by atoms with Crippen LogP contribution in [0, 0.1) is 18.8 Å². The third kappa shape index (κ3) is 8.95. The summed E-state index contributed by atoms with van der Waals surface area (Å²) in [5.74, 6) is 4.09. The lowest BCUT2D eigenvalue weighted by Gasteiger charge is -2.26. The number of benzene rings is 3. The number of nitrogens with one attached hydrogen (secondary N) is 1. The monoisotopic (exact) mass is 639 g/mol. The number of halogens is 1. The fourth-order valence-corrected chi connectivity index (χ4v) is 6.92. The lowest BCUT2D eigenvalue weighted by Crippen LogP contribution is -2.31. The molecule has 1 fully saturated rings. The summed E-state index contributed by atoms with van der Waals surface area (Å²) in [6.07, 6.45) is 5.37. The Labute approximate surface area is 276 Å². The molecule has 45 heavy (non-hydrogen) atoms. The van der Waals surface area contributed by atoms with Crippen LogP contribution in [0.4, 0.5) is 5.82 Å². The zero-order chi connectivity index (χ0) is 31.8. The van der Waals surface area contributed by atoms with Crippen LogP contribution in [0.15, 0.2) is 88.8 Å². The number of anilines is 1. The van der Waals surface area contributed by atoms with Gasteiger partial charge in [0.25, 0.3) is 0 Å². The number of nitrogens with zero attached hydrogens (tertiary/aromatic N) is 4. The van der Waals surface area contributed by atoms with Crippen molar-refractivity contribution in [3.8, 4) is 0 Å². The molecule has 0 radical (unpaired) electrons. The second kappa shape index (κ2) is 15.5. The fraction of sp³-hybridized carbons (Fsp3) is 0.351. The highest BCUT2D eigenvalue weighted by Crippen LogP contribution is 2.36. The van der Waals surface area contributed by atoms with Crippen molar-refractivity contribution in [3.05, 3.63) is 106 Å². The van der Waals surface area contributed by atoms with Gasteiger partial charge in [-0.05, 0) is 61.4 Å².